The van der Waals surface area contributed by atoms with E-state index in [1.54, 1.807) is 0 Å². The monoisotopic (exact) mass is 279 g/mol. The molecule has 0 aliphatic rings. The summed E-state index contributed by atoms with van der Waals surface area (Å²) in [5.74, 6) is -1.71. The Morgan fingerprint density at radius 2 is 2.26 bits per heavy atom. The minimum atomic E-state index is -1.31. The summed E-state index contributed by atoms with van der Waals surface area (Å²) in [6, 6.07) is 4.07. The van der Waals surface area contributed by atoms with Crippen molar-refractivity contribution in [2.75, 3.05) is 0 Å². The summed E-state index contributed by atoms with van der Waals surface area (Å²) in [6.45, 7) is 0. The van der Waals surface area contributed by atoms with Gasteiger partial charge in [0.25, 0.3) is 5.56 Å². The van der Waals surface area contributed by atoms with Crippen LogP contribution in [0.25, 0.3) is 15.3 Å². The smallest absolute Gasteiger partial charge is 0.342 e. The third kappa shape index (κ3) is 1.82. The summed E-state index contributed by atoms with van der Waals surface area (Å²) >= 11 is 1.09. The van der Waals surface area contributed by atoms with E-state index in [2.05, 4.69) is 10.1 Å². The molecule has 0 aliphatic carbocycles. The van der Waals surface area contributed by atoms with E-state index in [4.69, 9.17) is 5.11 Å². The molecule has 2 heterocycles. The number of carboxylic acid groups (broad SMARTS) is 1. The number of thiazole rings is 1. The van der Waals surface area contributed by atoms with Gasteiger partial charge in [-0.15, -0.1) is 0 Å². The van der Waals surface area contributed by atoms with Gasteiger partial charge in [-0.2, -0.15) is 4.68 Å². The molecule has 0 radical (unpaired) electrons. The maximum Gasteiger partial charge on any atom is 0.342 e. The number of aromatic nitrogens is 3. The van der Waals surface area contributed by atoms with E-state index < -0.39 is 17.3 Å². The van der Waals surface area contributed by atoms with E-state index in [-0.39, 0.29) is 10.7 Å². The molecule has 0 saturated heterocycles. The fourth-order valence-corrected chi connectivity index (χ4v) is 2.60. The van der Waals surface area contributed by atoms with Crippen molar-refractivity contribution < 1.29 is 14.3 Å². The largest absolute Gasteiger partial charge is 0.477 e. The van der Waals surface area contributed by atoms with Gasteiger partial charge in [-0.05, 0) is 18.2 Å². The number of benzene rings is 1. The Morgan fingerprint density at radius 1 is 1.47 bits per heavy atom. The predicted molar refractivity (Wildman–Crippen MR) is 66.5 cm³/mol. The van der Waals surface area contributed by atoms with Gasteiger partial charge < -0.3 is 5.11 Å². The van der Waals surface area contributed by atoms with Crippen LogP contribution in [0.15, 0.2) is 29.2 Å². The molecule has 3 rings (SSSR count). The number of hydrogen-bond donors (Lipinski definition) is 2. The van der Waals surface area contributed by atoms with Crippen LogP contribution in [0.1, 0.15) is 10.4 Å². The van der Waals surface area contributed by atoms with Crippen molar-refractivity contribution in [1.29, 1.82) is 0 Å². The number of nitrogens with one attached hydrogen (secondary N) is 1. The van der Waals surface area contributed by atoms with Gasteiger partial charge in [0.2, 0.25) is 5.13 Å². The lowest BCUT2D eigenvalue weighted by molar-refractivity contribution is 0.0695. The van der Waals surface area contributed by atoms with Crippen molar-refractivity contribution in [2.24, 2.45) is 0 Å². The number of fused-ring (bicyclic) bond motifs is 1. The maximum atomic E-state index is 13.1. The molecule has 0 atom stereocenters. The molecule has 3 aromatic rings. The Morgan fingerprint density at radius 3 is 2.95 bits per heavy atom. The minimum absolute atomic E-state index is 0.262. The lowest BCUT2D eigenvalue weighted by atomic mass is 10.3. The molecule has 0 saturated carbocycles. The number of carboxylic acids is 1. The zero-order chi connectivity index (χ0) is 13.6. The fourth-order valence-electron chi connectivity index (χ4n) is 1.65. The number of hydrogen-bond acceptors (Lipinski definition) is 4. The van der Waals surface area contributed by atoms with E-state index in [1.165, 1.54) is 18.2 Å². The first kappa shape index (κ1) is 11.6. The van der Waals surface area contributed by atoms with Crippen molar-refractivity contribution >= 4 is 27.5 Å². The van der Waals surface area contributed by atoms with Crippen molar-refractivity contribution in [3.63, 3.8) is 0 Å². The molecule has 19 heavy (non-hydrogen) atoms. The van der Waals surface area contributed by atoms with Gasteiger partial charge in [-0.3, -0.25) is 9.89 Å². The van der Waals surface area contributed by atoms with Gasteiger partial charge in [0.05, 0.1) is 10.2 Å². The number of nitrogens with zero attached hydrogens (tertiary/aromatic N) is 2. The normalized spacial score (nSPS) is 11.0. The maximum absolute atomic E-state index is 13.1. The zero-order valence-corrected chi connectivity index (χ0v) is 10.1. The summed E-state index contributed by atoms with van der Waals surface area (Å²) < 4.78 is 14.7. The fraction of sp³-hybridized carbons (Fsp3) is 0. The second-order valence-corrected chi connectivity index (χ2v) is 4.75. The molecule has 0 bridgehead atoms. The van der Waals surface area contributed by atoms with Crippen LogP contribution in [0.3, 0.4) is 0 Å². The van der Waals surface area contributed by atoms with Crippen LogP contribution in [-0.4, -0.2) is 25.8 Å². The Labute approximate surface area is 108 Å². The SMILES string of the molecule is O=C(O)c1c[nH]n(-c2nc3ccc(F)cc3s2)c1=O. The van der Waals surface area contributed by atoms with E-state index in [0.717, 1.165) is 22.2 Å². The molecule has 0 fully saturated rings. The molecule has 0 spiro atoms. The molecule has 2 N–H and O–H groups in total. The third-order valence-corrected chi connectivity index (χ3v) is 3.54. The van der Waals surface area contributed by atoms with Crippen LogP contribution < -0.4 is 5.56 Å². The van der Waals surface area contributed by atoms with Gasteiger partial charge >= 0.3 is 5.97 Å². The van der Waals surface area contributed by atoms with E-state index >= 15 is 0 Å². The summed E-state index contributed by atoms with van der Waals surface area (Å²) in [7, 11) is 0. The summed E-state index contributed by atoms with van der Waals surface area (Å²) in [4.78, 5) is 26.7. The third-order valence-electron chi connectivity index (χ3n) is 2.53. The lowest BCUT2D eigenvalue weighted by Crippen LogP contribution is -2.19. The molecule has 8 heteroatoms. The Balaban J connectivity index is 2.19. The molecule has 2 aromatic heterocycles. The molecule has 6 nitrogen and oxygen atoms in total. The topological polar surface area (TPSA) is 88.0 Å². The first-order chi connectivity index (χ1) is 9.06. The first-order valence-corrected chi connectivity index (χ1v) is 5.98. The average Bonchev–Trinajstić information content (AvgIpc) is 2.91. The molecule has 0 aliphatic heterocycles. The molecule has 96 valence electrons. The molecular weight excluding hydrogens is 273 g/mol. The van der Waals surface area contributed by atoms with E-state index in [9.17, 15) is 14.0 Å². The number of aromatic amines is 1. The van der Waals surface area contributed by atoms with Crippen molar-refractivity contribution in [2.45, 2.75) is 0 Å². The number of halogens is 1. The molecule has 0 amide bonds. The van der Waals surface area contributed by atoms with Crippen LogP contribution in [0, 0.1) is 5.82 Å². The summed E-state index contributed by atoms with van der Waals surface area (Å²) in [5.41, 5.74) is -0.530. The second-order valence-electron chi connectivity index (χ2n) is 3.74. The van der Waals surface area contributed by atoms with Crippen LogP contribution in [0.5, 0.6) is 0 Å². The van der Waals surface area contributed by atoms with E-state index in [0.29, 0.717) is 10.2 Å². The molecule has 0 unspecified atom stereocenters. The Hall–Kier alpha value is -2.48. The van der Waals surface area contributed by atoms with Gasteiger partial charge in [0.15, 0.2) is 0 Å². The summed E-state index contributed by atoms with van der Waals surface area (Å²) in [5, 5.41) is 11.6. The van der Waals surface area contributed by atoms with Crippen LogP contribution in [-0.2, 0) is 0 Å². The van der Waals surface area contributed by atoms with Crippen molar-refractivity contribution in [1.82, 2.24) is 14.8 Å². The molecular formula is C11H6FN3O3S. The highest BCUT2D eigenvalue weighted by molar-refractivity contribution is 7.20. The highest BCUT2D eigenvalue weighted by Crippen LogP contribution is 2.24. The van der Waals surface area contributed by atoms with Crippen LogP contribution in [0.4, 0.5) is 4.39 Å². The number of H-pyrrole nitrogens is 1. The standard InChI is InChI=1S/C11H6FN3O3S/c12-5-1-2-7-8(3-5)19-11(14-7)15-9(16)6(4-13-15)10(17)18/h1-4,13H,(H,17,18). The minimum Gasteiger partial charge on any atom is -0.477 e. The van der Waals surface area contributed by atoms with Gasteiger partial charge in [0, 0.05) is 6.20 Å². The first-order valence-electron chi connectivity index (χ1n) is 5.16. The zero-order valence-electron chi connectivity index (χ0n) is 9.25. The number of rotatable bonds is 2. The average molecular weight is 279 g/mol. The van der Waals surface area contributed by atoms with Crippen molar-refractivity contribution in [3.05, 3.63) is 46.1 Å². The van der Waals surface area contributed by atoms with Gasteiger partial charge in [0.1, 0.15) is 11.4 Å². The number of carbonyl (C=O) groups is 1. The van der Waals surface area contributed by atoms with Crippen molar-refractivity contribution in [3.8, 4) is 5.13 Å². The van der Waals surface area contributed by atoms with Crippen LogP contribution in [0.2, 0.25) is 0 Å². The van der Waals surface area contributed by atoms with Gasteiger partial charge in [-0.1, -0.05) is 11.3 Å². The quantitative estimate of drug-likeness (QED) is 0.746. The van der Waals surface area contributed by atoms with Gasteiger partial charge in [-0.25, -0.2) is 14.2 Å². The van der Waals surface area contributed by atoms with E-state index in [1.807, 2.05) is 0 Å². The Kier molecular flexibility index (Phi) is 2.46. The number of aromatic carboxylic acids is 1. The lowest BCUT2D eigenvalue weighted by Gasteiger charge is -1.91. The van der Waals surface area contributed by atoms with Crippen LogP contribution >= 0.6 is 11.3 Å². The summed E-state index contributed by atoms with van der Waals surface area (Å²) in [6.07, 6.45) is 1.09. The highest BCUT2D eigenvalue weighted by atomic mass is 32.1. The predicted octanol–water partition coefficient (Wildman–Crippen LogP) is 1.61. The highest BCUT2D eigenvalue weighted by Gasteiger charge is 2.16. The second kappa shape index (κ2) is 4.02. The Bertz CT molecular complexity index is 848. The molecule has 1 aromatic carbocycles.